The zero-order valence-corrected chi connectivity index (χ0v) is 11.0. The average molecular weight is 253 g/mol. The maximum absolute atomic E-state index is 12.8. The molecule has 1 aromatic heterocycles. The molecule has 4 heteroatoms. The molecule has 0 saturated heterocycles. The molecule has 0 spiro atoms. The highest BCUT2D eigenvalue weighted by Crippen LogP contribution is 2.13. The molecule has 1 heterocycles. The van der Waals surface area contributed by atoms with Crippen molar-refractivity contribution < 1.29 is 13.9 Å². The minimum Gasteiger partial charge on any atom is -0.461 e. The van der Waals surface area contributed by atoms with Gasteiger partial charge >= 0.3 is 5.97 Å². The Kier molecular flexibility index (Phi) is 6.33. The number of unbranched alkanes of at least 4 members (excludes halogenated alkanes) is 1. The van der Waals surface area contributed by atoms with E-state index in [9.17, 15) is 9.18 Å². The predicted molar refractivity (Wildman–Crippen MR) is 67.8 cm³/mol. The SMILES string of the molecule is CCCCC(CC)COC(=O)c1cccc(F)n1. The van der Waals surface area contributed by atoms with E-state index in [0.717, 1.165) is 25.7 Å². The number of hydrogen-bond donors (Lipinski definition) is 0. The second kappa shape index (κ2) is 7.80. The summed E-state index contributed by atoms with van der Waals surface area (Å²) >= 11 is 0. The summed E-state index contributed by atoms with van der Waals surface area (Å²) in [7, 11) is 0. The lowest BCUT2D eigenvalue weighted by Crippen LogP contribution is -2.15. The minimum atomic E-state index is -0.664. The number of nitrogens with zero attached hydrogens (tertiary/aromatic N) is 1. The first kappa shape index (κ1) is 14.6. The van der Waals surface area contributed by atoms with Gasteiger partial charge in [0, 0.05) is 0 Å². The number of esters is 1. The van der Waals surface area contributed by atoms with Crippen molar-refractivity contribution in [2.75, 3.05) is 6.61 Å². The number of carbonyl (C=O) groups excluding carboxylic acids is 1. The molecule has 0 bridgehead atoms. The number of halogens is 1. The highest BCUT2D eigenvalue weighted by Gasteiger charge is 2.13. The van der Waals surface area contributed by atoms with Gasteiger partial charge in [-0.3, -0.25) is 0 Å². The lowest BCUT2D eigenvalue weighted by Gasteiger charge is -2.14. The van der Waals surface area contributed by atoms with Gasteiger partial charge in [-0.1, -0.05) is 39.2 Å². The van der Waals surface area contributed by atoms with Gasteiger partial charge in [0.25, 0.3) is 0 Å². The number of hydrogen-bond acceptors (Lipinski definition) is 3. The molecular formula is C14H20FNO2. The first-order valence-corrected chi connectivity index (χ1v) is 6.47. The Bertz CT molecular complexity index is 382. The van der Waals surface area contributed by atoms with E-state index in [1.807, 2.05) is 0 Å². The van der Waals surface area contributed by atoms with Gasteiger partial charge in [0.2, 0.25) is 5.95 Å². The third kappa shape index (κ3) is 4.82. The molecule has 0 aromatic carbocycles. The molecule has 0 aliphatic carbocycles. The van der Waals surface area contributed by atoms with Gasteiger partial charge in [-0.25, -0.2) is 9.78 Å². The van der Waals surface area contributed by atoms with Crippen LogP contribution in [0, 0.1) is 11.9 Å². The lowest BCUT2D eigenvalue weighted by molar-refractivity contribution is 0.0420. The normalized spacial score (nSPS) is 12.2. The van der Waals surface area contributed by atoms with Gasteiger partial charge < -0.3 is 4.74 Å². The van der Waals surface area contributed by atoms with Crippen LogP contribution in [-0.4, -0.2) is 17.6 Å². The van der Waals surface area contributed by atoms with Crippen molar-refractivity contribution in [3.8, 4) is 0 Å². The van der Waals surface area contributed by atoms with Crippen molar-refractivity contribution in [3.05, 3.63) is 29.8 Å². The molecule has 18 heavy (non-hydrogen) atoms. The molecule has 1 atom stereocenters. The van der Waals surface area contributed by atoms with Crippen LogP contribution in [0.3, 0.4) is 0 Å². The fourth-order valence-electron chi connectivity index (χ4n) is 1.69. The average Bonchev–Trinajstić information content (AvgIpc) is 2.38. The summed E-state index contributed by atoms with van der Waals surface area (Å²) in [6.07, 6.45) is 4.30. The molecule has 1 aromatic rings. The first-order chi connectivity index (χ1) is 8.67. The van der Waals surface area contributed by atoms with Crippen LogP contribution in [0.5, 0.6) is 0 Å². The van der Waals surface area contributed by atoms with Crippen LogP contribution in [0.25, 0.3) is 0 Å². The number of carbonyl (C=O) groups is 1. The molecule has 0 saturated carbocycles. The largest absolute Gasteiger partial charge is 0.461 e. The lowest BCUT2D eigenvalue weighted by atomic mass is 10.0. The van der Waals surface area contributed by atoms with Gasteiger partial charge in [0.05, 0.1) is 6.61 Å². The smallest absolute Gasteiger partial charge is 0.357 e. The molecule has 0 aliphatic rings. The molecule has 100 valence electrons. The Morgan fingerprint density at radius 3 is 2.83 bits per heavy atom. The maximum atomic E-state index is 12.8. The molecule has 0 fully saturated rings. The van der Waals surface area contributed by atoms with Crippen molar-refractivity contribution in [1.82, 2.24) is 4.98 Å². The Hall–Kier alpha value is -1.45. The summed E-state index contributed by atoms with van der Waals surface area (Å²) in [5, 5.41) is 0. The summed E-state index contributed by atoms with van der Waals surface area (Å²) < 4.78 is 18.0. The number of pyridine rings is 1. The van der Waals surface area contributed by atoms with E-state index in [1.54, 1.807) is 0 Å². The molecule has 3 nitrogen and oxygen atoms in total. The van der Waals surface area contributed by atoms with Gasteiger partial charge in [0.15, 0.2) is 5.69 Å². The molecule has 0 aliphatic heterocycles. The van der Waals surface area contributed by atoms with Crippen LogP contribution in [0.15, 0.2) is 18.2 Å². The third-order valence-corrected chi connectivity index (χ3v) is 2.92. The van der Waals surface area contributed by atoms with E-state index in [1.165, 1.54) is 18.2 Å². The van der Waals surface area contributed by atoms with Crippen LogP contribution in [0.2, 0.25) is 0 Å². The van der Waals surface area contributed by atoms with E-state index in [0.29, 0.717) is 12.5 Å². The summed E-state index contributed by atoms with van der Waals surface area (Å²) in [5.41, 5.74) is 0.0281. The quantitative estimate of drug-likeness (QED) is 0.550. The van der Waals surface area contributed by atoms with Crippen molar-refractivity contribution in [2.45, 2.75) is 39.5 Å². The van der Waals surface area contributed by atoms with Crippen molar-refractivity contribution in [1.29, 1.82) is 0 Å². The van der Waals surface area contributed by atoms with E-state index < -0.39 is 11.9 Å². The van der Waals surface area contributed by atoms with Crippen LogP contribution in [-0.2, 0) is 4.74 Å². The first-order valence-electron chi connectivity index (χ1n) is 6.47. The Morgan fingerprint density at radius 2 is 2.22 bits per heavy atom. The highest BCUT2D eigenvalue weighted by atomic mass is 19.1. The highest BCUT2D eigenvalue weighted by molar-refractivity contribution is 5.87. The number of aromatic nitrogens is 1. The summed E-state index contributed by atoms with van der Waals surface area (Å²) in [6, 6.07) is 4.11. The Morgan fingerprint density at radius 1 is 1.44 bits per heavy atom. The fourth-order valence-corrected chi connectivity index (χ4v) is 1.69. The predicted octanol–water partition coefficient (Wildman–Crippen LogP) is 3.59. The number of rotatable bonds is 7. The van der Waals surface area contributed by atoms with Crippen molar-refractivity contribution in [3.63, 3.8) is 0 Å². The third-order valence-electron chi connectivity index (χ3n) is 2.92. The second-order valence-corrected chi connectivity index (χ2v) is 4.36. The van der Waals surface area contributed by atoms with E-state index in [2.05, 4.69) is 18.8 Å². The second-order valence-electron chi connectivity index (χ2n) is 4.36. The van der Waals surface area contributed by atoms with Gasteiger partial charge in [-0.05, 0) is 24.5 Å². The standard InChI is InChI=1S/C14H20FNO2/c1-3-5-7-11(4-2)10-18-14(17)12-8-6-9-13(15)16-12/h6,8-9,11H,3-5,7,10H2,1-2H3. The molecule has 0 amide bonds. The molecule has 0 N–H and O–H groups in total. The van der Waals surface area contributed by atoms with Crippen LogP contribution in [0.4, 0.5) is 4.39 Å². The fraction of sp³-hybridized carbons (Fsp3) is 0.571. The van der Waals surface area contributed by atoms with Gasteiger partial charge in [-0.2, -0.15) is 4.39 Å². The van der Waals surface area contributed by atoms with Gasteiger partial charge in [0.1, 0.15) is 0 Å². The summed E-state index contributed by atoms with van der Waals surface area (Å²) in [6.45, 7) is 4.59. The maximum Gasteiger partial charge on any atom is 0.357 e. The molecule has 0 radical (unpaired) electrons. The van der Waals surface area contributed by atoms with Crippen molar-refractivity contribution in [2.24, 2.45) is 5.92 Å². The van der Waals surface area contributed by atoms with Crippen molar-refractivity contribution >= 4 is 5.97 Å². The topological polar surface area (TPSA) is 39.2 Å². The minimum absolute atomic E-state index is 0.0281. The Balaban J connectivity index is 2.44. The summed E-state index contributed by atoms with van der Waals surface area (Å²) in [5.74, 6) is -0.839. The summed E-state index contributed by atoms with van der Waals surface area (Å²) in [4.78, 5) is 15.1. The monoisotopic (exact) mass is 253 g/mol. The Labute approximate surface area is 107 Å². The van der Waals surface area contributed by atoms with E-state index in [4.69, 9.17) is 4.74 Å². The van der Waals surface area contributed by atoms with E-state index >= 15 is 0 Å². The van der Waals surface area contributed by atoms with Gasteiger partial charge in [-0.15, -0.1) is 0 Å². The van der Waals surface area contributed by atoms with Crippen LogP contribution < -0.4 is 0 Å². The zero-order valence-electron chi connectivity index (χ0n) is 11.0. The molecular weight excluding hydrogens is 233 g/mol. The van der Waals surface area contributed by atoms with Crippen LogP contribution >= 0.6 is 0 Å². The molecule has 1 rings (SSSR count). The molecule has 1 unspecified atom stereocenters. The van der Waals surface area contributed by atoms with E-state index in [-0.39, 0.29) is 5.69 Å². The zero-order chi connectivity index (χ0) is 13.4. The van der Waals surface area contributed by atoms with Crippen LogP contribution in [0.1, 0.15) is 50.0 Å². The number of ether oxygens (including phenoxy) is 1.